The molecule has 0 aromatic rings. The van der Waals surface area contributed by atoms with Crippen LogP contribution in [0.2, 0.25) is 0 Å². The first kappa shape index (κ1) is 25.4. The number of carboxylic acids is 1. The van der Waals surface area contributed by atoms with Crippen molar-refractivity contribution in [2.24, 2.45) is 39.4 Å². The summed E-state index contributed by atoms with van der Waals surface area (Å²) in [5.41, 5.74) is 2.44. The predicted molar refractivity (Wildman–Crippen MR) is 134 cm³/mol. The first-order chi connectivity index (χ1) is 15.7. The van der Waals surface area contributed by atoms with Crippen LogP contribution in [0, 0.1) is 39.4 Å². The Hall–Kier alpha value is -1.71. The lowest BCUT2D eigenvalue weighted by Gasteiger charge is -2.60. The van der Waals surface area contributed by atoms with E-state index in [1.54, 1.807) is 6.92 Å². The van der Waals surface area contributed by atoms with Gasteiger partial charge in [-0.15, -0.1) is 0 Å². The van der Waals surface area contributed by atoms with Crippen molar-refractivity contribution in [2.75, 3.05) is 0 Å². The number of hydrogen-bond donors (Lipinski definition) is 1. The summed E-state index contributed by atoms with van der Waals surface area (Å²) in [7, 11) is 0. The number of carboxylic acid groups (broad SMARTS) is 1. The van der Waals surface area contributed by atoms with Crippen LogP contribution in [0.15, 0.2) is 22.8 Å². The van der Waals surface area contributed by atoms with E-state index in [9.17, 15) is 14.4 Å². The molecule has 0 saturated heterocycles. The molecule has 188 valence electrons. The minimum absolute atomic E-state index is 0.0478. The largest absolute Gasteiger partial charge is 0.478 e. The molecular formula is C30H44O4. The lowest BCUT2D eigenvalue weighted by Crippen LogP contribution is -2.56. The number of fused-ring (bicyclic) bond motifs is 4. The number of Topliss-reactive ketones (excluding diaryl/α,β-unsaturated/α-hetero) is 2. The molecule has 0 radical (unpaired) electrons. The van der Waals surface area contributed by atoms with E-state index in [0.717, 1.165) is 50.5 Å². The molecule has 0 aliphatic heterocycles. The molecule has 4 heteroatoms. The van der Waals surface area contributed by atoms with Crippen molar-refractivity contribution in [3.8, 4) is 0 Å². The van der Waals surface area contributed by atoms with E-state index in [4.69, 9.17) is 5.11 Å². The van der Waals surface area contributed by atoms with Crippen LogP contribution in [-0.2, 0) is 14.4 Å². The summed E-state index contributed by atoms with van der Waals surface area (Å²) in [5.74, 6) is 0.923. The Kier molecular flexibility index (Phi) is 6.10. The maximum Gasteiger partial charge on any atom is 0.330 e. The van der Waals surface area contributed by atoms with Crippen molar-refractivity contribution in [3.63, 3.8) is 0 Å². The summed E-state index contributed by atoms with van der Waals surface area (Å²) in [6.07, 6.45) is 9.91. The third-order valence-electron chi connectivity index (χ3n) is 11.5. The molecular weight excluding hydrogens is 424 g/mol. The minimum atomic E-state index is -0.838. The van der Waals surface area contributed by atoms with Crippen molar-refractivity contribution in [1.82, 2.24) is 0 Å². The number of ketones is 2. The van der Waals surface area contributed by atoms with E-state index < -0.39 is 11.4 Å². The molecule has 0 aromatic carbocycles. The van der Waals surface area contributed by atoms with Gasteiger partial charge in [-0.1, -0.05) is 53.2 Å². The van der Waals surface area contributed by atoms with E-state index in [2.05, 4.69) is 41.5 Å². The van der Waals surface area contributed by atoms with Gasteiger partial charge in [0.1, 0.15) is 5.78 Å². The molecule has 0 spiro atoms. The third kappa shape index (κ3) is 3.41. The summed E-state index contributed by atoms with van der Waals surface area (Å²) < 4.78 is 0. The summed E-state index contributed by atoms with van der Waals surface area (Å²) in [5, 5.41) is 9.15. The summed E-state index contributed by atoms with van der Waals surface area (Å²) in [6.45, 7) is 15.3. The van der Waals surface area contributed by atoms with Gasteiger partial charge in [-0.25, -0.2) is 4.79 Å². The monoisotopic (exact) mass is 468 g/mol. The molecule has 1 N–H and O–H groups in total. The summed E-state index contributed by atoms with van der Waals surface area (Å²) in [6, 6.07) is 0. The first-order valence-corrected chi connectivity index (χ1v) is 13.4. The highest BCUT2D eigenvalue weighted by Crippen LogP contribution is 2.71. The Morgan fingerprint density at radius 1 is 1.09 bits per heavy atom. The molecule has 0 heterocycles. The highest BCUT2D eigenvalue weighted by Gasteiger charge is 2.65. The van der Waals surface area contributed by atoms with E-state index in [0.29, 0.717) is 41.8 Å². The normalized spacial score (nSPS) is 40.5. The second-order valence-electron chi connectivity index (χ2n) is 13.2. The van der Waals surface area contributed by atoms with Gasteiger partial charge >= 0.3 is 5.97 Å². The number of carbonyl (C=O) groups excluding carboxylic acids is 2. The maximum atomic E-state index is 13.9. The zero-order chi connectivity index (χ0) is 25.3. The van der Waals surface area contributed by atoms with Crippen molar-refractivity contribution in [2.45, 2.75) is 106 Å². The Morgan fingerprint density at radius 2 is 1.76 bits per heavy atom. The zero-order valence-electron chi connectivity index (χ0n) is 22.3. The lowest BCUT2D eigenvalue weighted by molar-refractivity contribution is -0.142. The molecule has 34 heavy (non-hydrogen) atoms. The van der Waals surface area contributed by atoms with Gasteiger partial charge in [-0.05, 0) is 80.5 Å². The van der Waals surface area contributed by atoms with Gasteiger partial charge < -0.3 is 5.11 Å². The molecule has 4 nitrogen and oxygen atoms in total. The maximum absolute atomic E-state index is 13.9. The highest BCUT2D eigenvalue weighted by molar-refractivity contribution is 6.00. The SMILES string of the molecule is C/C(=C\CC[C@@H](C)[C@H]1CC[C@@]2(C)C3=C(CC[C@]12C)[C@@]1(C)CCC(=O)C(C)(C)[C@H]1CC3=O)C(=O)O. The Balaban J connectivity index is 1.66. The van der Waals surface area contributed by atoms with Crippen LogP contribution >= 0.6 is 0 Å². The van der Waals surface area contributed by atoms with Crippen LogP contribution in [0.1, 0.15) is 106 Å². The number of rotatable bonds is 5. The topological polar surface area (TPSA) is 71.4 Å². The van der Waals surface area contributed by atoms with Gasteiger partial charge in [-0.2, -0.15) is 0 Å². The first-order valence-electron chi connectivity index (χ1n) is 13.4. The van der Waals surface area contributed by atoms with Crippen molar-refractivity contribution >= 4 is 17.5 Å². The molecule has 4 rings (SSSR count). The average Bonchev–Trinajstić information content (AvgIpc) is 3.04. The molecule has 0 amide bonds. The summed E-state index contributed by atoms with van der Waals surface area (Å²) in [4.78, 5) is 37.8. The molecule has 0 unspecified atom stereocenters. The van der Waals surface area contributed by atoms with E-state index in [1.807, 2.05) is 6.08 Å². The van der Waals surface area contributed by atoms with Crippen LogP contribution in [0.3, 0.4) is 0 Å². The Bertz CT molecular complexity index is 984. The van der Waals surface area contributed by atoms with Crippen LogP contribution in [0.25, 0.3) is 0 Å². The van der Waals surface area contributed by atoms with Crippen LogP contribution in [0.5, 0.6) is 0 Å². The third-order valence-corrected chi connectivity index (χ3v) is 11.5. The Labute approximate surface area is 205 Å². The molecule has 4 aliphatic carbocycles. The number of hydrogen-bond acceptors (Lipinski definition) is 3. The Morgan fingerprint density at radius 3 is 2.41 bits per heavy atom. The number of carbonyl (C=O) groups is 3. The van der Waals surface area contributed by atoms with Crippen molar-refractivity contribution in [1.29, 1.82) is 0 Å². The van der Waals surface area contributed by atoms with Gasteiger partial charge in [0.2, 0.25) is 0 Å². The minimum Gasteiger partial charge on any atom is -0.478 e. The molecule has 2 fully saturated rings. The fraction of sp³-hybridized carbons (Fsp3) is 0.767. The highest BCUT2D eigenvalue weighted by atomic mass is 16.4. The fourth-order valence-corrected chi connectivity index (χ4v) is 8.97. The molecule has 0 bridgehead atoms. The van der Waals surface area contributed by atoms with Gasteiger partial charge in [0, 0.05) is 34.8 Å². The average molecular weight is 469 g/mol. The summed E-state index contributed by atoms with van der Waals surface area (Å²) >= 11 is 0. The number of aliphatic carboxylic acids is 1. The van der Waals surface area contributed by atoms with Gasteiger partial charge in [-0.3, -0.25) is 9.59 Å². The van der Waals surface area contributed by atoms with Gasteiger partial charge in [0.05, 0.1) is 0 Å². The smallest absolute Gasteiger partial charge is 0.330 e. The second kappa shape index (κ2) is 8.17. The van der Waals surface area contributed by atoms with Gasteiger partial charge in [0.15, 0.2) is 5.78 Å². The molecule has 0 aromatic heterocycles. The quantitative estimate of drug-likeness (QED) is 0.444. The molecule has 6 atom stereocenters. The zero-order valence-corrected chi connectivity index (χ0v) is 22.3. The standard InChI is InChI=1S/C30H44O4/c1-18(9-8-10-19(2)26(33)34)20-11-16-30(7)25-21(12-15-29(20,30)6)28(5)14-13-24(32)27(3,4)23(28)17-22(25)31/h10,18,20,23H,8-9,11-17H2,1-7H3,(H,33,34)/b19-10+/t18-,20-,23-,28-,29-,30+/m1/s1. The van der Waals surface area contributed by atoms with Crippen LogP contribution in [-0.4, -0.2) is 22.6 Å². The lowest BCUT2D eigenvalue weighted by atomic mass is 9.43. The van der Waals surface area contributed by atoms with E-state index in [1.165, 1.54) is 5.57 Å². The molecule has 4 aliphatic rings. The fourth-order valence-electron chi connectivity index (χ4n) is 8.97. The van der Waals surface area contributed by atoms with Crippen molar-refractivity contribution < 1.29 is 19.5 Å². The van der Waals surface area contributed by atoms with E-state index >= 15 is 0 Å². The van der Waals surface area contributed by atoms with Gasteiger partial charge in [0.25, 0.3) is 0 Å². The van der Waals surface area contributed by atoms with Crippen molar-refractivity contribution in [3.05, 3.63) is 22.8 Å². The predicted octanol–water partition coefficient (Wildman–Crippen LogP) is 6.93. The number of allylic oxidation sites excluding steroid dienone is 3. The molecule has 2 saturated carbocycles. The van der Waals surface area contributed by atoms with E-state index in [-0.39, 0.29) is 22.2 Å². The van der Waals surface area contributed by atoms with Crippen LogP contribution < -0.4 is 0 Å². The second-order valence-corrected chi connectivity index (χ2v) is 13.2. The van der Waals surface area contributed by atoms with Crippen LogP contribution in [0.4, 0.5) is 0 Å².